The van der Waals surface area contributed by atoms with Gasteiger partial charge in [0, 0.05) is 22.8 Å². The number of quaternary nitrogens is 1. The normalized spacial score (nSPS) is 16.2. The molecule has 1 N–H and O–H groups in total. The van der Waals surface area contributed by atoms with E-state index in [2.05, 4.69) is 7.05 Å². The minimum Gasteiger partial charge on any atom is -0.334 e. The number of carbonyl (C=O) groups is 2. The predicted octanol–water partition coefficient (Wildman–Crippen LogP) is 0.591. The lowest BCUT2D eigenvalue weighted by molar-refractivity contribution is -0.883. The van der Waals surface area contributed by atoms with Crippen LogP contribution in [-0.4, -0.2) is 54.4 Å². The number of halogens is 1. The number of piperazine rings is 1. The molecule has 1 aliphatic heterocycles. The van der Waals surface area contributed by atoms with Gasteiger partial charge in [0.2, 0.25) is 0 Å². The van der Waals surface area contributed by atoms with E-state index in [-0.39, 0.29) is 11.5 Å². The lowest BCUT2D eigenvalue weighted by atomic mass is 10.0. The van der Waals surface area contributed by atoms with Crippen molar-refractivity contribution in [3.63, 3.8) is 0 Å². The van der Waals surface area contributed by atoms with E-state index in [0.717, 1.165) is 18.7 Å². The molecule has 27 heavy (non-hydrogen) atoms. The number of ketones is 1. The molecule has 1 atom stereocenters. The standard InChI is InChI=1S/C20H22ClN3O3/c1-14-6-7-24(17(25)12-14)18(19(26)15-4-3-5-16(21)13-15)20(27)23-10-8-22(2)9-11-23/h3-7,12-13,18H,8-11H2,1-2H3/p+1/t18-/m1/s1. The van der Waals surface area contributed by atoms with Crippen LogP contribution in [0.15, 0.2) is 47.4 Å². The molecule has 1 aliphatic rings. The molecule has 2 aromatic rings. The van der Waals surface area contributed by atoms with Crippen molar-refractivity contribution >= 4 is 23.3 Å². The SMILES string of the molecule is Cc1ccn([C@H](C(=O)c2cccc(Cl)c2)C(=O)N2CC[NH+](C)CC2)c(=O)c1. The van der Waals surface area contributed by atoms with E-state index in [9.17, 15) is 14.4 Å². The molecule has 0 bridgehead atoms. The average Bonchev–Trinajstić information content (AvgIpc) is 2.64. The van der Waals surface area contributed by atoms with E-state index in [1.54, 1.807) is 36.1 Å². The topological polar surface area (TPSA) is 63.8 Å². The van der Waals surface area contributed by atoms with E-state index in [1.807, 2.05) is 0 Å². The molecule has 1 saturated heterocycles. The zero-order valence-electron chi connectivity index (χ0n) is 15.4. The summed E-state index contributed by atoms with van der Waals surface area (Å²) in [6.45, 7) is 4.54. The molecule has 3 rings (SSSR count). The van der Waals surface area contributed by atoms with Crippen LogP contribution >= 0.6 is 11.6 Å². The Morgan fingerprint density at radius 3 is 2.48 bits per heavy atom. The molecule has 142 valence electrons. The van der Waals surface area contributed by atoms with Gasteiger partial charge < -0.3 is 9.80 Å². The van der Waals surface area contributed by atoms with Gasteiger partial charge in [0.1, 0.15) is 0 Å². The molecule has 1 aromatic carbocycles. The smallest absolute Gasteiger partial charge is 0.254 e. The number of rotatable bonds is 4. The highest BCUT2D eigenvalue weighted by Crippen LogP contribution is 2.19. The number of Topliss-reactive ketones (excluding diaryl/α,β-unsaturated/α-hetero) is 1. The van der Waals surface area contributed by atoms with Crippen molar-refractivity contribution in [1.29, 1.82) is 0 Å². The van der Waals surface area contributed by atoms with E-state index in [4.69, 9.17) is 11.6 Å². The fraction of sp³-hybridized carbons (Fsp3) is 0.350. The third kappa shape index (κ3) is 4.28. The molecule has 6 nitrogen and oxygen atoms in total. The number of benzene rings is 1. The summed E-state index contributed by atoms with van der Waals surface area (Å²) in [7, 11) is 2.07. The third-order valence-electron chi connectivity index (χ3n) is 4.90. The number of aromatic nitrogens is 1. The summed E-state index contributed by atoms with van der Waals surface area (Å²) < 4.78 is 1.23. The summed E-state index contributed by atoms with van der Waals surface area (Å²) in [4.78, 5) is 42.0. The summed E-state index contributed by atoms with van der Waals surface area (Å²) in [6, 6.07) is 8.39. The Balaban J connectivity index is 2.02. The first-order chi connectivity index (χ1) is 12.9. The van der Waals surface area contributed by atoms with E-state index in [1.165, 1.54) is 27.8 Å². The van der Waals surface area contributed by atoms with Crippen molar-refractivity contribution in [2.45, 2.75) is 13.0 Å². The fourth-order valence-corrected chi connectivity index (χ4v) is 3.43. The first-order valence-electron chi connectivity index (χ1n) is 8.95. The number of nitrogens with zero attached hydrogens (tertiary/aromatic N) is 2. The number of nitrogens with one attached hydrogen (secondary N) is 1. The second-order valence-electron chi connectivity index (χ2n) is 7.01. The van der Waals surface area contributed by atoms with Crippen molar-refractivity contribution in [2.75, 3.05) is 33.2 Å². The van der Waals surface area contributed by atoms with Crippen LogP contribution in [0.4, 0.5) is 0 Å². The molecule has 0 radical (unpaired) electrons. The van der Waals surface area contributed by atoms with Crippen LogP contribution in [0.5, 0.6) is 0 Å². The molecule has 1 aromatic heterocycles. The Hall–Kier alpha value is -2.44. The van der Waals surface area contributed by atoms with Gasteiger partial charge in [-0.15, -0.1) is 0 Å². The molecule has 0 aliphatic carbocycles. The van der Waals surface area contributed by atoms with Crippen molar-refractivity contribution < 1.29 is 14.5 Å². The highest BCUT2D eigenvalue weighted by Gasteiger charge is 2.35. The molecule has 1 fully saturated rings. The summed E-state index contributed by atoms with van der Waals surface area (Å²) in [5.74, 6) is -0.779. The second kappa shape index (κ2) is 8.06. The number of amides is 1. The minimum atomic E-state index is -1.23. The number of hydrogen-bond donors (Lipinski definition) is 1. The van der Waals surface area contributed by atoms with E-state index >= 15 is 0 Å². The number of likely N-dealkylation sites (N-methyl/N-ethyl adjacent to an activating group) is 1. The van der Waals surface area contributed by atoms with Crippen molar-refractivity contribution in [1.82, 2.24) is 9.47 Å². The van der Waals surface area contributed by atoms with E-state index < -0.39 is 11.8 Å². The predicted molar refractivity (Wildman–Crippen MR) is 103 cm³/mol. The second-order valence-corrected chi connectivity index (χ2v) is 7.45. The Kier molecular flexibility index (Phi) is 5.77. The summed E-state index contributed by atoms with van der Waals surface area (Å²) in [5.41, 5.74) is 0.720. The van der Waals surface area contributed by atoms with Gasteiger partial charge in [-0.1, -0.05) is 23.7 Å². The summed E-state index contributed by atoms with van der Waals surface area (Å²) in [5, 5.41) is 0.409. The first-order valence-corrected chi connectivity index (χ1v) is 9.33. The zero-order valence-corrected chi connectivity index (χ0v) is 16.2. The van der Waals surface area contributed by atoms with Gasteiger partial charge in [0.15, 0.2) is 11.8 Å². The van der Waals surface area contributed by atoms with Crippen molar-refractivity contribution in [3.8, 4) is 0 Å². The molecule has 0 unspecified atom stereocenters. The Labute approximate surface area is 163 Å². The number of hydrogen-bond acceptors (Lipinski definition) is 3. The average molecular weight is 389 g/mol. The van der Waals surface area contributed by atoms with Crippen LogP contribution in [0.1, 0.15) is 22.0 Å². The van der Waals surface area contributed by atoms with Gasteiger partial charge >= 0.3 is 0 Å². The Morgan fingerprint density at radius 1 is 1.15 bits per heavy atom. The van der Waals surface area contributed by atoms with Gasteiger partial charge in [-0.2, -0.15) is 0 Å². The van der Waals surface area contributed by atoms with Gasteiger partial charge in [-0.3, -0.25) is 19.0 Å². The Bertz CT molecular complexity index is 917. The van der Waals surface area contributed by atoms with Crippen molar-refractivity contribution in [3.05, 3.63) is 69.1 Å². The zero-order chi connectivity index (χ0) is 19.6. The monoisotopic (exact) mass is 388 g/mol. The molecule has 0 spiro atoms. The molecule has 2 heterocycles. The largest absolute Gasteiger partial charge is 0.334 e. The highest BCUT2D eigenvalue weighted by molar-refractivity contribution is 6.31. The maximum Gasteiger partial charge on any atom is 0.254 e. The molecular weight excluding hydrogens is 366 g/mol. The lowest BCUT2D eigenvalue weighted by Gasteiger charge is -2.32. The van der Waals surface area contributed by atoms with Gasteiger partial charge in [0.25, 0.3) is 11.5 Å². The summed E-state index contributed by atoms with van der Waals surface area (Å²) >= 11 is 6.02. The highest BCUT2D eigenvalue weighted by atomic mass is 35.5. The first kappa shape index (κ1) is 19.3. The number of aryl methyl sites for hydroxylation is 1. The lowest BCUT2D eigenvalue weighted by Crippen LogP contribution is -3.12. The van der Waals surface area contributed by atoms with Crippen LogP contribution in [0.25, 0.3) is 0 Å². The van der Waals surface area contributed by atoms with Crippen LogP contribution in [0, 0.1) is 6.92 Å². The Morgan fingerprint density at radius 2 is 1.85 bits per heavy atom. The molecule has 0 saturated carbocycles. The van der Waals surface area contributed by atoms with Gasteiger partial charge in [-0.25, -0.2) is 0 Å². The van der Waals surface area contributed by atoms with Gasteiger partial charge in [-0.05, 0) is 30.7 Å². The summed E-state index contributed by atoms with van der Waals surface area (Å²) in [6.07, 6.45) is 1.52. The maximum absolute atomic E-state index is 13.2. The molecule has 7 heteroatoms. The molecular formula is C20H23ClN3O3+. The van der Waals surface area contributed by atoms with Crippen LogP contribution in [-0.2, 0) is 4.79 Å². The van der Waals surface area contributed by atoms with Crippen LogP contribution in [0.2, 0.25) is 5.02 Å². The third-order valence-corrected chi connectivity index (χ3v) is 5.14. The minimum absolute atomic E-state index is 0.313. The quantitative estimate of drug-likeness (QED) is 0.616. The van der Waals surface area contributed by atoms with Crippen LogP contribution in [0.3, 0.4) is 0 Å². The molecule has 1 amide bonds. The number of pyridine rings is 1. The van der Waals surface area contributed by atoms with Crippen molar-refractivity contribution in [2.24, 2.45) is 0 Å². The van der Waals surface area contributed by atoms with Gasteiger partial charge in [0.05, 0.1) is 33.2 Å². The fourth-order valence-electron chi connectivity index (χ4n) is 3.24. The maximum atomic E-state index is 13.2. The van der Waals surface area contributed by atoms with E-state index in [0.29, 0.717) is 23.7 Å². The van der Waals surface area contributed by atoms with Crippen LogP contribution < -0.4 is 10.5 Å². The number of carbonyl (C=O) groups excluding carboxylic acids is 2.